The number of ether oxygens (including phenoxy) is 2. The van der Waals surface area contributed by atoms with Gasteiger partial charge >= 0.3 is 0 Å². The lowest BCUT2D eigenvalue weighted by atomic mass is 10.2. The number of carbonyl (C=O) groups excluding carboxylic acids is 1. The summed E-state index contributed by atoms with van der Waals surface area (Å²) in [6, 6.07) is 21.7. The lowest BCUT2D eigenvalue weighted by Crippen LogP contribution is -2.36. The number of anilines is 1. The van der Waals surface area contributed by atoms with Crippen molar-refractivity contribution in [3.8, 4) is 5.75 Å². The van der Waals surface area contributed by atoms with Gasteiger partial charge in [-0.3, -0.25) is 4.79 Å². The molecular weight excluding hydrogens is 402 g/mol. The Bertz CT molecular complexity index is 1050. The summed E-state index contributed by atoms with van der Waals surface area (Å²) in [5, 5.41) is 2.93. The van der Waals surface area contributed by atoms with E-state index in [1.54, 1.807) is 18.3 Å². The zero-order chi connectivity index (χ0) is 22.0. The quantitative estimate of drug-likeness (QED) is 0.552. The molecule has 32 heavy (non-hydrogen) atoms. The third-order valence-electron chi connectivity index (χ3n) is 5.15. The molecule has 0 radical (unpaired) electrons. The molecule has 6 nitrogen and oxygen atoms in total. The molecule has 0 spiro atoms. The van der Waals surface area contributed by atoms with Gasteiger partial charge in [-0.25, -0.2) is 4.98 Å². The second kappa shape index (κ2) is 11.1. The third kappa shape index (κ3) is 6.43. The number of pyridine rings is 1. The highest BCUT2D eigenvalue weighted by Gasteiger charge is 2.12. The SMILES string of the molecule is O=C(/C=C/c1cccc(OCc2ccccc2)c1)NCc1ccnc(N2CCOCC2)c1. The van der Waals surface area contributed by atoms with Crippen molar-refractivity contribution in [3.63, 3.8) is 0 Å². The summed E-state index contributed by atoms with van der Waals surface area (Å²) in [4.78, 5) is 18.9. The van der Waals surface area contributed by atoms with E-state index in [9.17, 15) is 4.79 Å². The zero-order valence-electron chi connectivity index (χ0n) is 17.9. The molecule has 1 aliphatic rings. The van der Waals surface area contributed by atoms with E-state index in [0.29, 0.717) is 26.4 Å². The number of nitrogens with zero attached hydrogens (tertiary/aromatic N) is 2. The molecule has 1 aromatic heterocycles. The molecule has 6 heteroatoms. The van der Waals surface area contributed by atoms with Gasteiger partial charge in [0, 0.05) is 31.9 Å². The van der Waals surface area contributed by atoms with Crippen LogP contribution in [0.15, 0.2) is 79.0 Å². The first-order valence-electron chi connectivity index (χ1n) is 10.8. The first-order chi connectivity index (χ1) is 15.8. The number of hydrogen-bond acceptors (Lipinski definition) is 5. The van der Waals surface area contributed by atoms with Crippen LogP contribution in [-0.4, -0.2) is 37.2 Å². The van der Waals surface area contributed by atoms with E-state index in [1.807, 2.05) is 66.7 Å². The summed E-state index contributed by atoms with van der Waals surface area (Å²) >= 11 is 0. The van der Waals surface area contributed by atoms with Gasteiger partial charge in [-0.1, -0.05) is 42.5 Å². The Labute approximate surface area is 188 Å². The number of nitrogens with one attached hydrogen (secondary N) is 1. The number of carbonyl (C=O) groups is 1. The zero-order valence-corrected chi connectivity index (χ0v) is 17.9. The van der Waals surface area contributed by atoms with Crippen molar-refractivity contribution in [2.75, 3.05) is 31.2 Å². The van der Waals surface area contributed by atoms with Crippen LogP contribution in [0.25, 0.3) is 6.08 Å². The van der Waals surface area contributed by atoms with Crippen LogP contribution in [-0.2, 0) is 22.7 Å². The molecule has 0 atom stereocenters. The predicted molar refractivity (Wildman–Crippen MR) is 125 cm³/mol. The Morgan fingerprint density at radius 1 is 1.03 bits per heavy atom. The van der Waals surface area contributed by atoms with Crippen molar-refractivity contribution < 1.29 is 14.3 Å². The average Bonchev–Trinajstić information content (AvgIpc) is 2.86. The largest absolute Gasteiger partial charge is 0.489 e. The minimum Gasteiger partial charge on any atom is -0.489 e. The van der Waals surface area contributed by atoms with Crippen LogP contribution >= 0.6 is 0 Å². The van der Waals surface area contributed by atoms with Gasteiger partial charge in [0.15, 0.2) is 0 Å². The normalized spacial score (nSPS) is 13.8. The molecule has 4 rings (SSSR count). The van der Waals surface area contributed by atoms with Gasteiger partial charge in [-0.15, -0.1) is 0 Å². The Kier molecular flexibility index (Phi) is 7.50. The highest BCUT2D eigenvalue weighted by molar-refractivity contribution is 5.91. The number of amides is 1. The standard InChI is InChI=1S/C26H27N3O3/c30-26(28-19-23-11-12-27-25(18-23)29-13-15-31-16-14-29)10-9-21-7-4-8-24(17-21)32-20-22-5-2-1-3-6-22/h1-12,17-18H,13-16,19-20H2,(H,28,30)/b10-9+. The van der Waals surface area contributed by atoms with Crippen molar-refractivity contribution >= 4 is 17.8 Å². The molecule has 164 valence electrons. The lowest BCUT2D eigenvalue weighted by Gasteiger charge is -2.28. The van der Waals surface area contributed by atoms with E-state index in [0.717, 1.165) is 41.3 Å². The van der Waals surface area contributed by atoms with Crippen LogP contribution in [0, 0.1) is 0 Å². The average molecular weight is 430 g/mol. The smallest absolute Gasteiger partial charge is 0.244 e. The summed E-state index contributed by atoms with van der Waals surface area (Å²) in [6.07, 6.45) is 5.11. The molecule has 1 saturated heterocycles. The van der Waals surface area contributed by atoms with Gasteiger partial charge in [0.2, 0.25) is 5.91 Å². The fraction of sp³-hybridized carbons (Fsp3) is 0.231. The van der Waals surface area contributed by atoms with E-state index in [2.05, 4.69) is 15.2 Å². The van der Waals surface area contributed by atoms with Crippen LogP contribution in [0.3, 0.4) is 0 Å². The van der Waals surface area contributed by atoms with E-state index >= 15 is 0 Å². The maximum absolute atomic E-state index is 12.3. The van der Waals surface area contributed by atoms with Crippen LogP contribution in [0.4, 0.5) is 5.82 Å². The molecule has 2 heterocycles. The van der Waals surface area contributed by atoms with Gasteiger partial charge in [0.05, 0.1) is 13.2 Å². The maximum Gasteiger partial charge on any atom is 0.244 e. The second-order valence-electron chi connectivity index (χ2n) is 7.52. The highest BCUT2D eigenvalue weighted by atomic mass is 16.5. The first-order valence-corrected chi connectivity index (χ1v) is 10.8. The number of morpholine rings is 1. The van der Waals surface area contributed by atoms with Crippen molar-refractivity contribution in [2.24, 2.45) is 0 Å². The molecular formula is C26H27N3O3. The van der Waals surface area contributed by atoms with Crippen LogP contribution < -0.4 is 15.0 Å². The van der Waals surface area contributed by atoms with Gasteiger partial charge in [0.1, 0.15) is 18.2 Å². The first kappa shape index (κ1) is 21.6. The number of benzene rings is 2. The molecule has 0 bridgehead atoms. The molecule has 2 aromatic carbocycles. The third-order valence-corrected chi connectivity index (χ3v) is 5.15. The fourth-order valence-electron chi connectivity index (χ4n) is 3.40. The summed E-state index contributed by atoms with van der Waals surface area (Å²) < 4.78 is 11.2. The van der Waals surface area contributed by atoms with Crippen LogP contribution in [0.5, 0.6) is 5.75 Å². The van der Waals surface area contributed by atoms with E-state index in [-0.39, 0.29) is 5.91 Å². The van der Waals surface area contributed by atoms with Crippen molar-refractivity contribution in [2.45, 2.75) is 13.2 Å². The van der Waals surface area contributed by atoms with Gasteiger partial charge in [0.25, 0.3) is 0 Å². The van der Waals surface area contributed by atoms with Crippen molar-refractivity contribution in [1.29, 1.82) is 0 Å². The Morgan fingerprint density at radius 3 is 2.72 bits per heavy atom. The number of aromatic nitrogens is 1. The molecule has 0 saturated carbocycles. The Balaban J connectivity index is 1.28. The highest BCUT2D eigenvalue weighted by Crippen LogP contribution is 2.17. The second-order valence-corrected chi connectivity index (χ2v) is 7.52. The summed E-state index contributed by atoms with van der Waals surface area (Å²) in [7, 11) is 0. The van der Waals surface area contributed by atoms with Crippen molar-refractivity contribution in [1.82, 2.24) is 10.3 Å². The van der Waals surface area contributed by atoms with Gasteiger partial charge in [-0.05, 0) is 47.0 Å². The molecule has 0 unspecified atom stereocenters. The van der Waals surface area contributed by atoms with E-state index < -0.39 is 0 Å². The van der Waals surface area contributed by atoms with Gasteiger partial charge < -0.3 is 19.7 Å². The Morgan fingerprint density at radius 2 is 1.88 bits per heavy atom. The topological polar surface area (TPSA) is 63.7 Å². The Hall–Kier alpha value is -3.64. The van der Waals surface area contributed by atoms with Crippen LogP contribution in [0.1, 0.15) is 16.7 Å². The maximum atomic E-state index is 12.3. The minimum atomic E-state index is -0.148. The number of hydrogen-bond donors (Lipinski definition) is 1. The molecule has 1 fully saturated rings. The monoisotopic (exact) mass is 429 g/mol. The summed E-state index contributed by atoms with van der Waals surface area (Å²) in [6.45, 7) is 4.05. The van der Waals surface area contributed by atoms with E-state index in [4.69, 9.17) is 9.47 Å². The fourth-order valence-corrected chi connectivity index (χ4v) is 3.40. The minimum absolute atomic E-state index is 0.148. The molecule has 1 N–H and O–H groups in total. The number of rotatable bonds is 8. The van der Waals surface area contributed by atoms with Crippen molar-refractivity contribution in [3.05, 3.63) is 95.7 Å². The summed E-state index contributed by atoms with van der Waals surface area (Å²) in [5.74, 6) is 1.54. The molecule has 0 aliphatic carbocycles. The van der Waals surface area contributed by atoms with E-state index in [1.165, 1.54) is 0 Å². The van der Waals surface area contributed by atoms with Crippen LogP contribution in [0.2, 0.25) is 0 Å². The molecule has 3 aromatic rings. The summed E-state index contributed by atoms with van der Waals surface area (Å²) in [5.41, 5.74) is 3.03. The lowest BCUT2D eigenvalue weighted by molar-refractivity contribution is -0.116. The van der Waals surface area contributed by atoms with Gasteiger partial charge in [-0.2, -0.15) is 0 Å². The predicted octanol–water partition coefficient (Wildman–Crippen LogP) is 3.83. The molecule has 1 amide bonds. The molecule has 1 aliphatic heterocycles.